The molecule has 0 spiro atoms. The van der Waals surface area contributed by atoms with Gasteiger partial charge in [-0.3, -0.25) is 14.4 Å². The van der Waals surface area contributed by atoms with Crippen molar-refractivity contribution in [3.05, 3.63) is 0 Å². The van der Waals surface area contributed by atoms with E-state index in [1.165, 1.54) is 19.3 Å². The van der Waals surface area contributed by atoms with Gasteiger partial charge in [-0.15, -0.1) is 11.8 Å². The molecule has 4 bridgehead atoms. The van der Waals surface area contributed by atoms with Crippen molar-refractivity contribution >= 4 is 29.5 Å². The summed E-state index contributed by atoms with van der Waals surface area (Å²) in [6.07, 6.45) is 7.36. The maximum atomic E-state index is 13.0. The van der Waals surface area contributed by atoms with Gasteiger partial charge in [0.05, 0.1) is 5.88 Å². The van der Waals surface area contributed by atoms with Gasteiger partial charge in [0.15, 0.2) is 0 Å². The van der Waals surface area contributed by atoms with E-state index < -0.39 is 0 Å². The summed E-state index contributed by atoms with van der Waals surface area (Å²) < 4.78 is 0. The normalized spacial score (nSPS) is 36.7. The molecule has 1 atom stereocenters. The molecule has 1 aliphatic heterocycles. The van der Waals surface area contributed by atoms with Gasteiger partial charge in [-0.2, -0.15) is 0 Å². The molecule has 4 saturated carbocycles. The minimum absolute atomic E-state index is 0.0223. The van der Waals surface area contributed by atoms with Gasteiger partial charge < -0.3 is 15.1 Å². The Hall–Kier alpha value is -1.24. The average molecular weight is 394 g/mol. The lowest BCUT2D eigenvalue weighted by molar-refractivity contribution is -0.146. The quantitative estimate of drug-likeness (QED) is 0.772. The average Bonchev–Trinajstić information content (AvgIpc) is 3.09. The van der Waals surface area contributed by atoms with Crippen molar-refractivity contribution in [1.29, 1.82) is 0 Å². The first-order chi connectivity index (χ1) is 12.9. The standard InChI is InChI=1S/C20H31N3O3S/c1-22(2)18(25)16-11-27-12-23(16)17(24)3-4-21-19(26)20-8-13-5-14(9-20)7-15(6-13)10-20/h13-16H,3-12H2,1-2H3,(H,21,26). The molecule has 3 amide bonds. The lowest BCUT2D eigenvalue weighted by atomic mass is 9.49. The van der Waals surface area contributed by atoms with Crippen LogP contribution in [-0.4, -0.2) is 65.8 Å². The van der Waals surface area contributed by atoms with Crippen molar-refractivity contribution in [2.75, 3.05) is 32.3 Å². The number of carbonyl (C=O) groups excluding carboxylic acids is 3. The van der Waals surface area contributed by atoms with Crippen LogP contribution >= 0.6 is 11.8 Å². The molecule has 5 aliphatic rings. The van der Waals surface area contributed by atoms with E-state index in [0.717, 1.165) is 37.0 Å². The first kappa shape index (κ1) is 19.1. The van der Waals surface area contributed by atoms with Crippen LogP contribution in [0.4, 0.5) is 0 Å². The molecule has 1 saturated heterocycles. The Balaban J connectivity index is 1.29. The second-order valence-electron chi connectivity index (χ2n) is 9.32. The Bertz CT molecular complexity index is 601. The van der Waals surface area contributed by atoms with Crippen molar-refractivity contribution in [1.82, 2.24) is 15.1 Å². The number of likely N-dealkylation sites (N-methyl/N-ethyl adjacent to an activating group) is 1. The fourth-order valence-corrected chi connectivity index (χ4v) is 7.37. The Morgan fingerprint density at radius 2 is 1.67 bits per heavy atom. The Labute approximate surface area is 165 Å². The molecule has 6 nitrogen and oxygen atoms in total. The fourth-order valence-electron chi connectivity index (χ4n) is 6.19. The zero-order valence-electron chi connectivity index (χ0n) is 16.4. The molecule has 0 aromatic rings. The summed E-state index contributed by atoms with van der Waals surface area (Å²) in [6, 6.07) is -0.364. The molecule has 150 valence electrons. The number of thioether (sulfide) groups is 1. The van der Waals surface area contributed by atoms with Gasteiger partial charge in [0.25, 0.3) is 0 Å². The molecule has 1 N–H and O–H groups in total. The van der Waals surface area contributed by atoms with Gasteiger partial charge in [0, 0.05) is 38.2 Å². The minimum Gasteiger partial charge on any atom is -0.355 e. The number of nitrogens with zero attached hydrogens (tertiary/aromatic N) is 2. The number of amides is 3. The predicted molar refractivity (Wildman–Crippen MR) is 105 cm³/mol. The largest absolute Gasteiger partial charge is 0.355 e. The van der Waals surface area contributed by atoms with Gasteiger partial charge in [-0.1, -0.05) is 0 Å². The zero-order valence-corrected chi connectivity index (χ0v) is 17.2. The van der Waals surface area contributed by atoms with Crippen LogP contribution in [0.2, 0.25) is 0 Å². The maximum Gasteiger partial charge on any atom is 0.245 e. The highest BCUT2D eigenvalue weighted by atomic mass is 32.2. The van der Waals surface area contributed by atoms with Crippen molar-refractivity contribution in [3.63, 3.8) is 0 Å². The van der Waals surface area contributed by atoms with E-state index in [4.69, 9.17) is 0 Å². The number of nitrogens with one attached hydrogen (secondary N) is 1. The van der Waals surface area contributed by atoms with Gasteiger partial charge in [0.1, 0.15) is 6.04 Å². The third-order valence-electron chi connectivity index (χ3n) is 7.07. The van der Waals surface area contributed by atoms with Gasteiger partial charge in [-0.05, 0) is 56.3 Å². The number of rotatable bonds is 5. The van der Waals surface area contributed by atoms with E-state index in [2.05, 4.69) is 5.32 Å². The van der Waals surface area contributed by atoms with Crippen LogP contribution in [-0.2, 0) is 14.4 Å². The van der Waals surface area contributed by atoms with Crippen LogP contribution in [0, 0.1) is 23.2 Å². The topological polar surface area (TPSA) is 69.7 Å². The predicted octanol–water partition coefficient (Wildman–Crippen LogP) is 1.70. The molecule has 1 heterocycles. The fraction of sp³-hybridized carbons (Fsp3) is 0.850. The molecule has 0 aromatic carbocycles. The Morgan fingerprint density at radius 1 is 1.07 bits per heavy atom. The minimum atomic E-state index is -0.364. The summed E-state index contributed by atoms with van der Waals surface area (Å²) in [5, 5.41) is 3.07. The molecule has 1 unspecified atom stereocenters. The number of carbonyl (C=O) groups is 3. The van der Waals surface area contributed by atoms with Crippen LogP contribution in [0.15, 0.2) is 0 Å². The van der Waals surface area contributed by atoms with Crippen LogP contribution in [0.25, 0.3) is 0 Å². The van der Waals surface area contributed by atoms with Crippen LogP contribution in [0.5, 0.6) is 0 Å². The lowest BCUT2D eigenvalue weighted by Crippen LogP contribution is -2.54. The van der Waals surface area contributed by atoms with E-state index in [1.807, 2.05) is 0 Å². The third-order valence-corrected chi connectivity index (χ3v) is 8.09. The second kappa shape index (κ2) is 7.30. The summed E-state index contributed by atoms with van der Waals surface area (Å²) in [5.41, 5.74) is -0.162. The zero-order chi connectivity index (χ0) is 19.2. The van der Waals surface area contributed by atoms with Crippen LogP contribution in [0.1, 0.15) is 44.9 Å². The molecule has 5 fully saturated rings. The molecule has 7 heteroatoms. The highest BCUT2D eigenvalue weighted by molar-refractivity contribution is 7.99. The summed E-state index contributed by atoms with van der Waals surface area (Å²) in [4.78, 5) is 41.0. The van der Waals surface area contributed by atoms with Gasteiger partial charge in [0.2, 0.25) is 17.7 Å². The van der Waals surface area contributed by atoms with E-state index >= 15 is 0 Å². The van der Waals surface area contributed by atoms with Crippen molar-refractivity contribution in [2.45, 2.75) is 51.0 Å². The monoisotopic (exact) mass is 393 g/mol. The first-order valence-electron chi connectivity index (χ1n) is 10.2. The molecule has 0 radical (unpaired) electrons. The summed E-state index contributed by atoms with van der Waals surface area (Å²) in [7, 11) is 3.44. The summed E-state index contributed by atoms with van der Waals surface area (Å²) >= 11 is 1.61. The van der Waals surface area contributed by atoms with Crippen molar-refractivity contribution in [3.8, 4) is 0 Å². The summed E-state index contributed by atoms with van der Waals surface area (Å²) in [5.74, 6) is 3.55. The number of hydrogen-bond acceptors (Lipinski definition) is 4. The van der Waals surface area contributed by atoms with E-state index in [9.17, 15) is 14.4 Å². The third kappa shape index (κ3) is 3.59. The van der Waals surface area contributed by atoms with E-state index in [0.29, 0.717) is 18.2 Å². The van der Waals surface area contributed by atoms with E-state index in [1.54, 1.807) is 35.7 Å². The Kier molecular flexibility index (Phi) is 5.16. The van der Waals surface area contributed by atoms with Crippen molar-refractivity contribution < 1.29 is 14.4 Å². The molecule has 0 aromatic heterocycles. The second-order valence-corrected chi connectivity index (χ2v) is 10.3. The van der Waals surface area contributed by atoms with Crippen LogP contribution in [0.3, 0.4) is 0 Å². The molecular weight excluding hydrogens is 362 g/mol. The van der Waals surface area contributed by atoms with Gasteiger partial charge in [-0.25, -0.2) is 0 Å². The highest BCUT2D eigenvalue weighted by Crippen LogP contribution is 2.60. The molecule has 5 rings (SSSR count). The van der Waals surface area contributed by atoms with Crippen LogP contribution < -0.4 is 5.32 Å². The van der Waals surface area contributed by atoms with Crippen molar-refractivity contribution in [2.24, 2.45) is 23.2 Å². The summed E-state index contributed by atoms with van der Waals surface area (Å²) in [6.45, 7) is 0.378. The molecular formula is C20H31N3O3S. The number of hydrogen-bond donors (Lipinski definition) is 1. The van der Waals surface area contributed by atoms with E-state index in [-0.39, 0.29) is 35.6 Å². The van der Waals surface area contributed by atoms with Gasteiger partial charge >= 0.3 is 0 Å². The SMILES string of the molecule is CN(C)C(=O)C1CSCN1C(=O)CCNC(=O)C12CC3CC(CC(C3)C1)C2. The lowest BCUT2D eigenvalue weighted by Gasteiger charge is -2.55. The maximum absolute atomic E-state index is 13.0. The molecule has 4 aliphatic carbocycles. The first-order valence-corrected chi connectivity index (χ1v) is 11.4. The smallest absolute Gasteiger partial charge is 0.245 e. The molecule has 27 heavy (non-hydrogen) atoms. The highest BCUT2D eigenvalue weighted by Gasteiger charge is 2.54. The Morgan fingerprint density at radius 3 is 2.22 bits per heavy atom.